The van der Waals surface area contributed by atoms with Crippen molar-refractivity contribution in [3.8, 4) is 5.75 Å². The third-order valence-corrected chi connectivity index (χ3v) is 5.41. The second-order valence-electron chi connectivity index (χ2n) is 8.48. The van der Waals surface area contributed by atoms with Gasteiger partial charge in [-0.15, -0.1) is 11.8 Å². The number of aromatic hydroxyl groups is 1. The molecule has 3 N–H and O–H groups in total. The number of nitrogens with two attached hydrogens (primary N) is 1. The molecular weight excluding hydrogens is 302 g/mol. The number of unbranched alkanes of at least 4 members (excludes halogenated alkanes) is 1. The van der Waals surface area contributed by atoms with E-state index in [9.17, 15) is 5.11 Å². The molecule has 132 valence electrons. The maximum absolute atomic E-state index is 10.8. The molecule has 0 amide bonds. The molecule has 1 rings (SSSR count). The number of hydrogen-bond donors (Lipinski definition) is 2. The lowest BCUT2D eigenvalue weighted by atomic mass is 9.79. The van der Waals surface area contributed by atoms with Gasteiger partial charge in [-0.25, -0.2) is 0 Å². The zero-order chi connectivity index (χ0) is 17.8. The molecule has 1 aromatic rings. The summed E-state index contributed by atoms with van der Waals surface area (Å²) in [5, 5.41) is 11.2. The summed E-state index contributed by atoms with van der Waals surface area (Å²) in [7, 11) is 0. The first-order valence-electron chi connectivity index (χ1n) is 8.75. The molecule has 0 aliphatic rings. The van der Waals surface area contributed by atoms with Crippen molar-refractivity contribution in [2.75, 3.05) is 6.54 Å². The topological polar surface area (TPSA) is 46.2 Å². The second-order valence-corrected chi connectivity index (χ2v) is 9.86. The summed E-state index contributed by atoms with van der Waals surface area (Å²) < 4.78 is 0. The molecule has 1 unspecified atom stereocenters. The molecule has 0 aliphatic heterocycles. The summed E-state index contributed by atoms with van der Waals surface area (Å²) in [6.07, 6.45) is 3.56. The summed E-state index contributed by atoms with van der Waals surface area (Å²) in [4.78, 5) is 1.23. The lowest BCUT2D eigenvalue weighted by Gasteiger charge is -2.28. The number of thioether (sulfide) groups is 1. The quantitative estimate of drug-likeness (QED) is 0.664. The van der Waals surface area contributed by atoms with E-state index in [0.717, 1.165) is 17.5 Å². The van der Waals surface area contributed by atoms with Crippen LogP contribution < -0.4 is 5.73 Å². The van der Waals surface area contributed by atoms with Crippen molar-refractivity contribution in [1.29, 1.82) is 0 Å². The van der Waals surface area contributed by atoms with Crippen LogP contribution in [0.4, 0.5) is 0 Å². The monoisotopic (exact) mass is 337 g/mol. The summed E-state index contributed by atoms with van der Waals surface area (Å²) in [6.45, 7) is 15.8. The summed E-state index contributed by atoms with van der Waals surface area (Å²) in [5.74, 6) is 0.451. The van der Waals surface area contributed by atoms with Gasteiger partial charge in [0.05, 0.1) is 0 Å². The maximum atomic E-state index is 10.8. The zero-order valence-corrected chi connectivity index (χ0v) is 16.8. The molecule has 0 saturated heterocycles. The summed E-state index contributed by atoms with van der Waals surface area (Å²) in [6, 6.07) is 4.31. The largest absolute Gasteiger partial charge is 0.507 e. The van der Waals surface area contributed by atoms with Gasteiger partial charge < -0.3 is 10.8 Å². The molecule has 0 heterocycles. The van der Waals surface area contributed by atoms with Crippen LogP contribution in [0.3, 0.4) is 0 Å². The predicted octanol–water partition coefficient (Wildman–Crippen LogP) is 5.60. The Bertz CT molecular complexity index is 476. The normalized spacial score (nSPS) is 14.1. The minimum absolute atomic E-state index is 0.0811. The number of phenols is 1. The van der Waals surface area contributed by atoms with Crippen LogP contribution in [0.15, 0.2) is 17.0 Å². The first kappa shape index (κ1) is 20.4. The van der Waals surface area contributed by atoms with Crippen molar-refractivity contribution in [3.05, 3.63) is 23.3 Å². The maximum Gasteiger partial charge on any atom is 0.123 e. The molecular formula is C20H35NOS. The Morgan fingerprint density at radius 3 is 1.87 bits per heavy atom. The predicted molar refractivity (Wildman–Crippen MR) is 104 cm³/mol. The Balaban J connectivity index is 3.27. The van der Waals surface area contributed by atoms with Crippen LogP contribution in [0.1, 0.15) is 78.9 Å². The molecule has 0 fully saturated rings. The van der Waals surface area contributed by atoms with Crippen LogP contribution in [-0.2, 0) is 10.8 Å². The molecule has 1 atom stereocenters. The highest BCUT2D eigenvalue weighted by atomic mass is 32.2. The highest BCUT2D eigenvalue weighted by Crippen LogP contribution is 2.42. The number of rotatable bonds is 6. The molecule has 0 radical (unpaired) electrons. The fourth-order valence-corrected chi connectivity index (χ4v) is 3.81. The Labute approximate surface area is 147 Å². The molecule has 0 bridgehead atoms. The summed E-state index contributed by atoms with van der Waals surface area (Å²) >= 11 is 1.86. The van der Waals surface area contributed by atoms with Gasteiger partial charge in [0.1, 0.15) is 5.75 Å². The van der Waals surface area contributed by atoms with Gasteiger partial charge in [-0.05, 0) is 29.4 Å². The van der Waals surface area contributed by atoms with Crippen molar-refractivity contribution in [1.82, 2.24) is 0 Å². The zero-order valence-electron chi connectivity index (χ0n) is 16.0. The molecule has 0 aromatic heterocycles. The average molecular weight is 338 g/mol. The van der Waals surface area contributed by atoms with E-state index in [4.69, 9.17) is 5.73 Å². The Morgan fingerprint density at radius 2 is 1.52 bits per heavy atom. The highest BCUT2D eigenvalue weighted by molar-refractivity contribution is 8.00. The van der Waals surface area contributed by atoms with Crippen LogP contribution in [-0.4, -0.2) is 16.9 Å². The fourth-order valence-electron chi connectivity index (χ4n) is 2.67. The average Bonchev–Trinajstić information content (AvgIpc) is 2.42. The van der Waals surface area contributed by atoms with E-state index in [1.807, 2.05) is 11.8 Å². The van der Waals surface area contributed by atoms with Crippen molar-refractivity contribution in [2.24, 2.45) is 5.73 Å². The lowest BCUT2D eigenvalue weighted by Crippen LogP contribution is -2.19. The molecule has 0 aliphatic carbocycles. The Hall–Kier alpha value is -0.670. The van der Waals surface area contributed by atoms with Gasteiger partial charge in [0.15, 0.2) is 0 Å². The van der Waals surface area contributed by atoms with Crippen LogP contribution in [0.25, 0.3) is 0 Å². The Kier molecular flexibility index (Phi) is 7.03. The van der Waals surface area contributed by atoms with E-state index in [2.05, 4.69) is 60.6 Å². The number of phenolic OH excluding ortho intramolecular Hbond substituents is 1. The van der Waals surface area contributed by atoms with Crippen molar-refractivity contribution >= 4 is 11.8 Å². The van der Waals surface area contributed by atoms with Crippen LogP contribution in [0.5, 0.6) is 5.75 Å². The third-order valence-electron chi connectivity index (χ3n) is 4.14. The number of benzene rings is 1. The highest BCUT2D eigenvalue weighted by Gasteiger charge is 2.27. The lowest BCUT2D eigenvalue weighted by molar-refractivity contribution is 0.422. The fraction of sp³-hybridized carbons (Fsp3) is 0.700. The molecule has 1 aromatic carbocycles. The van der Waals surface area contributed by atoms with Crippen LogP contribution in [0.2, 0.25) is 0 Å². The Morgan fingerprint density at radius 1 is 1.04 bits per heavy atom. The van der Waals surface area contributed by atoms with Gasteiger partial charge in [0.25, 0.3) is 0 Å². The van der Waals surface area contributed by atoms with Gasteiger partial charge in [-0.1, -0.05) is 61.3 Å². The molecule has 0 spiro atoms. The summed E-state index contributed by atoms with van der Waals surface area (Å²) in [5.41, 5.74) is 7.86. The van der Waals surface area contributed by atoms with E-state index < -0.39 is 0 Å². The van der Waals surface area contributed by atoms with E-state index in [1.54, 1.807) is 0 Å². The van der Waals surface area contributed by atoms with Crippen molar-refractivity contribution in [2.45, 2.75) is 88.7 Å². The molecule has 0 saturated carbocycles. The minimum atomic E-state index is -0.0811. The van der Waals surface area contributed by atoms with E-state index in [1.165, 1.54) is 17.7 Å². The van der Waals surface area contributed by atoms with Crippen LogP contribution in [0, 0.1) is 0 Å². The smallest absolute Gasteiger partial charge is 0.123 e. The van der Waals surface area contributed by atoms with E-state index >= 15 is 0 Å². The molecule has 23 heavy (non-hydrogen) atoms. The number of hydrogen-bond acceptors (Lipinski definition) is 3. The third kappa shape index (κ3) is 5.72. The van der Waals surface area contributed by atoms with Gasteiger partial charge in [-0.2, -0.15) is 0 Å². The van der Waals surface area contributed by atoms with Crippen molar-refractivity contribution < 1.29 is 5.11 Å². The van der Waals surface area contributed by atoms with Crippen LogP contribution >= 0.6 is 11.8 Å². The first-order valence-corrected chi connectivity index (χ1v) is 9.63. The van der Waals surface area contributed by atoms with Gasteiger partial charge in [0, 0.05) is 27.8 Å². The van der Waals surface area contributed by atoms with Gasteiger partial charge in [0.2, 0.25) is 0 Å². The standard InChI is InChI=1S/C20H35NOS/c1-8-9-10-14(13-21)23-15-11-16(19(2,3)4)18(22)17(12-15)20(5,6)7/h11-12,14,22H,8-10,13,21H2,1-7H3. The molecule has 2 nitrogen and oxygen atoms in total. The SMILES string of the molecule is CCCCC(CN)Sc1cc(C(C)(C)C)c(O)c(C(C)(C)C)c1. The minimum Gasteiger partial charge on any atom is -0.507 e. The van der Waals surface area contributed by atoms with Gasteiger partial charge in [-0.3, -0.25) is 0 Å². The first-order chi connectivity index (χ1) is 10.5. The molecule has 3 heteroatoms. The van der Waals surface area contributed by atoms with E-state index in [0.29, 0.717) is 17.5 Å². The van der Waals surface area contributed by atoms with E-state index in [-0.39, 0.29) is 10.8 Å². The van der Waals surface area contributed by atoms with Gasteiger partial charge >= 0.3 is 0 Å². The van der Waals surface area contributed by atoms with Crippen molar-refractivity contribution in [3.63, 3.8) is 0 Å². The second kappa shape index (κ2) is 7.94.